The number of anilines is 1. The van der Waals surface area contributed by atoms with Crippen LogP contribution in [0.4, 0.5) is 10.1 Å². The first-order valence-corrected chi connectivity index (χ1v) is 6.65. The maximum atomic E-state index is 14.1. The molecule has 1 heterocycles. The topological polar surface area (TPSA) is 29.5 Å². The zero-order chi connectivity index (χ0) is 13.3. The van der Waals surface area contributed by atoms with Gasteiger partial charge in [-0.25, -0.2) is 4.39 Å². The van der Waals surface area contributed by atoms with Gasteiger partial charge in [0.05, 0.1) is 17.9 Å². The molecule has 1 saturated heterocycles. The number of morpholine rings is 1. The largest absolute Gasteiger partial charge is 0.372 e. The van der Waals surface area contributed by atoms with Crippen molar-refractivity contribution >= 4 is 27.9 Å². The number of aldehydes is 1. The molecule has 3 nitrogen and oxygen atoms in total. The molecular formula is C13H15BrFNO2. The number of rotatable bonds is 2. The lowest BCUT2D eigenvalue weighted by Crippen LogP contribution is -2.46. The second-order valence-corrected chi connectivity index (χ2v) is 5.52. The van der Waals surface area contributed by atoms with E-state index >= 15 is 0 Å². The molecule has 1 aliphatic heterocycles. The van der Waals surface area contributed by atoms with E-state index in [-0.39, 0.29) is 18.0 Å². The molecule has 0 radical (unpaired) electrons. The van der Waals surface area contributed by atoms with Crippen molar-refractivity contribution in [1.29, 1.82) is 0 Å². The SMILES string of the molecule is CC1CN(c2c(F)cc(Br)cc2C=O)CC(C)O1. The number of benzene rings is 1. The summed E-state index contributed by atoms with van der Waals surface area (Å²) >= 11 is 3.19. The first-order chi connectivity index (χ1) is 8.51. The normalized spacial score (nSPS) is 24.1. The Morgan fingerprint density at radius 3 is 2.56 bits per heavy atom. The molecule has 2 unspecified atom stereocenters. The van der Waals surface area contributed by atoms with Crippen molar-refractivity contribution in [2.24, 2.45) is 0 Å². The van der Waals surface area contributed by atoms with Crippen LogP contribution >= 0.6 is 15.9 Å². The zero-order valence-electron chi connectivity index (χ0n) is 10.3. The van der Waals surface area contributed by atoms with Gasteiger partial charge in [0, 0.05) is 23.1 Å². The zero-order valence-corrected chi connectivity index (χ0v) is 11.9. The van der Waals surface area contributed by atoms with Crippen LogP contribution in [-0.2, 0) is 4.74 Å². The number of nitrogens with zero attached hydrogens (tertiary/aromatic N) is 1. The van der Waals surface area contributed by atoms with E-state index in [1.807, 2.05) is 18.7 Å². The van der Waals surface area contributed by atoms with E-state index in [0.717, 1.165) is 0 Å². The van der Waals surface area contributed by atoms with Crippen LogP contribution < -0.4 is 4.90 Å². The summed E-state index contributed by atoms with van der Waals surface area (Å²) in [6, 6.07) is 3.02. The lowest BCUT2D eigenvalue weighted by molar-refractivity contribution is -0.00543. The van der Waals surface area contributed by atoms with Crippen LogP contribution in [0, 0.1) is 5.82 Å². The minimum absolute atomic E-state index is 0.0244. The summed E-state index contributed by atoms with van der Waals surface area (Å²) < 4.78 is 20.2. The third kappa shape index (κ3) is 2.72. The molecule has 0 spiro atoms. The maximum absolute atomic E-state index is 14.1. The van der Waals surface area contributed by atoms with Crippen LogP contribution in [0.2, 0.25) is 0 Å². The highest BCUT2D eigenvalue weighted by atomic mass is 79.9. The number of hydrogen-bond acceptors (Lipinski definition) is 3. The van der Waals surface area contributed by atoms with Crippen molar-refractivity contribution in [3.8, 4) is 0 Å². The molecular weight excluding hydrogens is 301 g/mol. The number of hydrogen-bond donors (Lipinski definition) is 0. The number of ether oxygens (including phenoxy) is 1. The molecule has 0 saturated carbocycles. The highest BCUT2D eigenvalue weighted by Gasteiger charge is 2.26. The van der Waals surface area contributed by atoms with Gasteiger partial charge in [0.2, 0.25) is 0 Å². The molecule has 2 atom stereocenters. The van der Waals surface area contributed by atoms with E-state index in [1.54, 1.807) is 6.07 Å². The first kappa shape index (κ1) is 13.5. The standard InChI is InChI=1S/C13H15BrFNO2/c1-8-5-16(6-9(2)18-8)13-10(7-17)3-11(14)4-12(13)15/h3-4,7-9H,5-6H2,1-2H3. The van der Waals surface area contributed by atoms with Crippen LogP contribution in [0.1, 0.15) is 24.2 Å². The fourth-order valence-corrected chi connectivity index (χ4v) is 2.82. The van der Waals surface area contributed by atoms with Crippen molar-refractivity contribution in [1.82, 2.24) is 0 Å². The van der Waals surface area contributed by atoms with Gasteiger partial charge in [0.1, 0.15) is 5.82 Å². The lowest BCUT2D eigenvalue weighted by atomic mass is 10.1. The third-order valence-corrected chi connectivity index (χ3v) is 3.38. The molecule has 1 fully saturated rings. The Balaban J connectivity index is 2.40. The second-order valence-electron chi connectivity index (χ2n) is 4.61. The van der Waals surface area contributed by atoms with Gasteiger partial charge in [-0.05, 0) is 26.0 Å². The highest BCUT2D eigenvalue weighted by molar-refractivity contribution is 9.10. The van der Waals surface area contributed by atoms with Gasteiger partial charge in [-0.2, -0.15) is 0 Å². The number of carbonyl (C=O) groups excluding carboxylic acids is 1. The van der Waals surface area contributed by atoms with Crippen molar-refractivity contribution < 1.29 is 13.9 Å². The van der Waals surface area contributed by atoms with E-state index in [4.69, 9.17) is 4.74 Å². The Morgan fingerprint density at radius 2 is 2.00 bits per heavy atom. The molecule has 0 bridgehead atoms. The van der Waals surface area contributed by atoms with E-state index < -0.39 is 0 Å². The molecule has 0 amide bonds. The fraction of sp³-hybridized carbons (Fsp3) is 0.462. The van der Waals surface area contributed by atoms with Crippen molar-refractivity contribution in [2.75, 3.05) is 18.0 Å². The second kappa shape index (κ2) is 5.36. The predicted molar refractivity (Wildman–Crippen MR) is 71.7 cm³/mol. The van der Waals surface area contributed by atoms with Gasteiger partial charge in [-0.15, -0.1) is 0 Å². The summed E-state index contributed by atoms with van der Waals surface area (Å²) in [6.07, 6.45) is 0.737. The summed E-state index contributed by atoms with van der Waals surface area (Å²) in [5.74, 6) is -0.382. The lowest BCUT2D eigenvalue weighted by Gasteiger charge is -2.37. The smallest absolute Gasteiger partial charge is 0.152 e. The molecule has 2 rings (SSSR count). The van der Waals surface area contributed by atoms with Gasteiger partial charge in [0.15, 0.2) is 6.29 Å². The van der Waals surface area contributed by atoms with Crippen LogP contribution in [0.3, 0.4) is 0 Å². The predicted octanol–water partition coefficient (Wildman–Crippen LogP) is 3.01. The van der Waals surface area contributed by atoms with E-state index in [0.29, 0.717) is 35.1 Å². The molecule has 0 aliphatic carbocycles. The first-order valence-electron chi connectivity index (χ1n) is 5.86. The van der Waals surface area contributed by atoms with Gasteiger partial charge in [-0.1, -0.05) is 15.9 Å². The third-order valence-electron chi connectivity index (χ3n) is 2.92. The van der Waals surface area contributed by atoms with Gasteiger partial charge in [0.25, 0.3) is 0 Å². The minimum Gasteiger partial charge on any atom is -0.372 e. The molecule has 0 N–H and O–H groups in total. The average molecular weight is 316 g/mol. The van der Waals surface area contributed by atoms with Crippen LogP contribution in [0.15, 0.2) is 16.6 Å². The van der Waals surface area contributed by atoms with Gasteiger partial charge >= 0.3 is 0 Å². The van der Waals surface area contributed by atoms with E-state index in [9.17, 15) is 9.18 Å². The minimum atomic E-state index is -0.382. The Morgan fingerprint density at radius 1 is 1.39 bits per heavy atom. The molecule has 1 aliphatic rings. The molecule has 0 aromatic heterocycles. The van der Waals surface area contributed by atoms with Crippen LogP contribution in [0.25, 0.3) is 0 Å². The van der Waals surface area contributed by atoms with Gasteiger partial charge in [-0.3, -0.25) is 4.79 Å². The Kier molecular flexibility index (Phi) is 4.02. The molecule has 1 aromatic carbocycles. The summed E-state index contributed by atoms with van der Waals surface area (Å²) in [5.41, 5.74) is 0.735. The van der Waals surface area contributed by atoms with Gasteiger partial charge < -0.3 is 9.64 Å². The summed E-state index contributed by atoms with van der Waals surface area (Å²) in [4.78, 5) is 13.0. The molecule has 5 heteroatoms. The number of halogens is 2. The fourth-order valence-electron chi connectivity index (χ4n) is 2.37. The average Bonchev–Trinajstić information content (AvgIpc) is 2.26. The van der Waals surface area contributed by atoms with Crippen molar-refractivity contribution in [3.63, 3.8) is 0 Å². The number of carbonyl (C=O) groups is 1. The Hall–Kier alpha value is -0.940. The molecule has 18 heavy (non-hydrogen) atoms. The summed E-state index contributed by atoms with van der Waals surface area (Å²) in [6.45, 7) is 5.06. The van der Waals surface area contributed by atoms with Crippen molar-refractivity contribution in [3.05, 3.63) is 28.0 Å². The van der Waals surface area contributed by atoms with Crippen LogP contribution in [-0.4, -0.2) is 31.6 Å². The monoisotopic (exact) mass is 315 g/mol. The molecule has 1 aromatic rings. The van der Waals surface area contributed by atoms with E-state index in [1.165, 1.54) is 6.07 Å². The maximum Gasteiger partial charge on any atom is 0.152 e. The molecule has 98 valence electrons. The van der Waals surface area contributed by atoms with Crippen molar-refractivity contribution in [2.45, 2.75) is 26.1 Å². The quantitative estimate of drug-likeness (QED) is 0.786. The highest BCUT2D eigenvalue weighted by Crippen LogP contribution is 2.29. The Labute approximate surface area is 114 Å². The summed E-state index contributed by atoms with van der Waals surface area (Å²) in [5, 5.41) is 0. The Bertz CT molecular complexity index is 457. The van der Waals surface area contributed by atoms with Crippen LogP contribution in [0.5, 0.6) is 0 Å². The summed E-state index contributed by atoms with van der Waals surface area (Å²) in [7, 11) is 0. The van der Waals surface area contributed by atoms with E-state index in [2.05, 4.69) is 15.9 Å².